The molecule has 0 radical (unpaired) electrons. The van der Waals surface area contributed by atoms with Crippen molar-refractivity contribution in [2.75, 3.05) is 0 Å². The average Bonchev–Trinajstić information content (AvgIpc) is 2.40. The van der Waals surface area contributed by atoms with Crippen molar-refractivity contribution in [1.82, 2.24) is 0 Å². The maximum Gasteiger partial charge on any atom is 0.185 e. The van der Waals surface area contributed by atoms with Crippen LogP contribution in [0, 0.1) is 0 Å². The molecule has 2 aromatic carbocycles. The fourth-order valence-electron chi connectivity index (χ4n) is 1.43. The van der Waals surface area contributed by atoms with Crippen molar-refractivity contribution >= 4 is 11.9 Å². The Morgan fingerprint density at radius 2 is 1.88 bits per heavy atom. The van der Waals surface area contributed by atoms with Gasteiger partial charge in [-0.05, 0) is 23.7 Å². The van der Waals surface area contributed by atoms with E-state index in [0.717, 1.165) is 5.56 Å². The Morgan fingerprint density at radius 3 is 2.65 bits per heavy atom. The van der Waals surface area contributed by atoms with E-state index in [4.69, 9.17) is 1.37 Å². The van der Waals surface area contributed by atoms with Crippen LogP contribution in [0.3, 0.4) is 0 Å². The van der Waals surface area contributed by atoms with E-state index in [1.54, 1.807) is 12.1 Å². The number of hydrogen-bond acceptors (Lipinski definition) is 2. The highest BCUT2D eigenvalue weighted by atomic mass is 16.3. The number of phenols is 1. The van der Waals surface area contributed by atoms with Gasteiger partial charge in [0.05, 0.1) is 1.37 Å². The SMILES string of the molecule is [2H]c1c(O)cccc1C(=O)C=Cc1ccccc1. The van der Waals surface area contributed by atoms with Gasteiger partial charge in [-0.3, -0.25) is 4.79 Å². The van der Waals surface area contributed by atoms with Gasteiger partial charge >= 0.3 is 0 Å². The molecule has 0 aliphatic heterocycles. The van der Waals surface area contributed by atoms with Crippen molar-refractivity contribution < 1.29 is 11.3 Å². The molecule has 2 rings (SSSR count). The van der Waals surface area contributed by atoms with Crippen molar-refractivity contribution in [2.45, 2.75) is 0 Å². The normalized spacial score (nSPS) is 11.4. The van der Waals surface area contributed by atoms with Crippen LogP contribution in [0.4, 0.5) is 0 Å². The van der Waals surface area contributed by atoms with Crippen molar-refractivity contribution in [2.24, 2.45) is 0 Å². The van der Waals surface area contributed by atoms with Crippen LogP contribution in [-0.2, 0) is 0 Å². The minimum Gasteiger partial charge on any atom is -0.508 e. The topological polar surface area (TPSA) is 37.3 Å². The lowest BCUT2D eigenvalue weighted by molar-refractivity contribution is 0.104. The zero-order valence-electron chi connectivity index (χ0n) is 10.1. The summed E-state index contributed by atoms with van der Waals surface area (Å²) >= 11 is 0. The lowest BCUT2D eigenvalue weighted by atomic mass is 10.1. The van der Waals surface area contributed by atoms with Crippen molar-refractivity contribution in [3.05, 3.63) is 71.8 Å². The summed E-state index contributed by atoms with van der Waals surface area (Å²) in [7, 11) is 0. The minimum absolute atomic E-state index is 0.139. The van der Waals surface area contributed by atoms with Crippen LogP contribution in [0.1, 0.15) is 17.3 Å². The molecule has 17 heavy (non-hydrogen) atoms. The van der Waals surface area contributed by atoms with E-state index < -0.39 is 0 Å². The molecule has 0 fully saturated rings. The zero-order valence-corrected chi connectivity index (χ0v) is 9.13. The molecule has 0 heterocycles. The van der Waals surface area contributed by atoms with Gasteiger partial charge in [-0.2, -0.15) is 0 Å². The molecule has 0 saturated heterocycles. The highest BCUT2D eigenvalue weighted by Gasteiger charge is 2.01. The van der Waals surface area contributed by atoms with Crippen LogP contribution >= 0.6 is 0 Å². The molecule has 2 nitrogen and oxygen atoms in total. The number of ketones is 1. The quantitative estimate of drug-likeness (QED) is 0.643. The molecule has 0 amide bonds. The van der Waals surface area contributed by atoms with Gasteiger partial charge in [0, 0.05) is 5.56 Å². The van der Waals surface area contributed by atoms with Gasteiger partial charge < -0.3 is 5.11 Å². The molecule has 1 N–H and O–H groups in total. The number of hydrogen-bond donors (Lipinski definition) is 1. The van der Waals surface area contributed by atoms with Crippen LogP contribution < -0.4 is 0 Å². The third kappa shape index (κ3) is 3.05. The summed E-state index contributed by atoms with van der Waals surface area (Å²) in [5.74, 6) is -0.478. The van der Waals surface area contributed by atoms with E-state index in [1.165, 1.54) is 18.2 Å². The zero-order chi connectivity index (χ0) is 13.0. The average molecular weight is 225 g/mol. The van der Waals surface area contributed by atoms with E-state index >= 15 is 0 Å². The smallest absolute Gasteiger partial charge is 0.185 e. The number of rotatable bonds is 3. The lowest BCUT2D eigenvalue weighted by Gasteiger charge is -1.96. The fraction of sp³-hybridized carbons (Fsp3) is 0. The second-order valence-corrected chi connectivity index (χ2v) is 3.56. The summed E-state index contributed by atoms with van der Waals surface area (Å²) in [6.45, 7) is 0. The molecule has 0 unspecified atom stereocenters. The Hall–Kier alpha value is -2.35. The predicted octanol–water partition coefficient (Wildman–Crippen LogP) is 3.29. The molecule has 0 aromatic heterocycles. The van der Waals surface area contributed by atoms with Crippen LogP contribution in [0.25, 0.3) is 6.08 Å². The molecule has 84 valence electrons. The van der Waals surface area contributed by atoms with Crippen molar-refractivity contribution in [3.63, 3.8) is 0 Å². The molecule has 2 aromatic rings. The summed E-state index contributed by atoms with van der Waals surface area (Å²) in [5, 5.41) is 9.37. The second kappa shape index (κ2) is 5.12. The molecule has 0 aliphatic rings. The van der Waals surface area contributed by atoms with E-state index in [0.29, 0.717) is 0 Å². The number of allylic oxidation sites excluding steroid dienone is 1. The van der Waals surface area contributed by atoms with Gasteiger partial charge in [0.25, 0.3) is 0 Å². The summed E-state index contributed by atoms with van der Waals surface area (Å²) < 4.78 is 7.60. The summed E-state index contributed by atoms with van der Waals surface area (Å²) in [4.78, 5) is 11.9. The Kier molecular flexibility index (Phi) is 2.97. The first-order chi connectivity index (χ1) is 8.68. The summed E-state index contributed by atoms with van der Waals surface area (Å²) in [5.41, 5.74) is 1.11. The monoisotopic (exact) mass is 225 g/mol. The first kappa shape index (κ1) is 9.85. The molecular formula is C15H12O2. The fourth-order valence-corrected chi connectivity index (χ4v) is 1.43. The van der Waals surface area contributed by atoms with Crippen molar-refractivity contribution in [3.8, 4) is 5.75 Å². The van der Waals surface area contributed by atoms with Gasteiger partial charge in [0.1, 0.15) is 5.75 Å². The van der Waals surface area contributed by atoms with Gasteiger partial charge in [-0.15, -0.1) is 0 Å². The Bertz CT molecular complexity index is 589. The maximum atomic E-state index is 11.9. The second-order valence-electron chi connectivity index (χ2n) is 3.56. The van der Waals surface area contributed by atoms with Gasteiger partial charge in [0.2, 0.25) is 0 Å². The third-order valence-electron chi connectivity index (χ3n) is 2.27. The van der Waals surface area contributed by atoms with Crippen LogP contribution in [0.2, 0.25) is 0 Å². The van der Waals surface area contributed by atoms with Gasteiger partial charge in [0.15, 0.2) is 5.78 Å². The minimum atomic E-state index is -0.292. The van der Waals surface area contributed by atoms with E-state index in [-0.39, 0.29) is 23.1 Å². The molecule has 0 atom stereocenters. The van der Waals surface area contributed by atoms with Gasteiger partial charge in [-0.25, -0.2) is 0 Å². The Balaban J connectivity index is 2.23. The van der Waals surface area contributed by atoms with Gasteiger partial charge in [-0.1, -0.05) is 48.5 Å². The Labute approximate surface area is 101 Å². The third-order valence-corrected chi connectivity index (χ3v) is 2.27. The van der Waals surface area contributed by atoms with Crippen molar-refractivity contribution in [1.29, 1.82) is 0 Å². The van der Waals surface area contributed by atoms with Crippen LogP contribution in [0.5, 0.6) is 5.75 Å². The Morgan fingerprint density at radius 1 is 1.12 bits per heavy atom. The largest absolute Gasteiger partial charge is 0.508 e. The molecule has 0 spiro atoms. The van der Waals surface area contributed by atoms with E-state index in [9.17, 15) is 9.90 Å². The molecule has 0 saturated carbocycles. The first-order valence-electron chi connectivity index (χ1n) is 5.74. The highest BCUT2D eigenvalue weighted by Crippen LogP contribution is 2.12. The molecule has 0 bridgehead atoms. The number of benzene rings is 2. The predicted molar refractivity (Wildman–Crippen MR) is 67.9 cm³/mol. The van der Waals surface area contributed by atoms with Crippen LogP contribution in [0.15, 0.2) is 60.6 Å². The van der Waals surface area contributed by atoms with E-state index in [1.807, 2.05) is 30.3 Å². The van der Waals surface area contributed by atoms with Crippen LogP contribution in [-0.4, -0.2) is 10.9 Å². The first-order valence-corrected chi connectivity index (χ1v) is 5.24. The summed E-state index contributed by atoms with van der Waals surface area (Å²) in [6.07, 6.45) is 3.09. The number of carbonyl (C=O) groups is 1. The standard InChI is InChI=1S/C15H12O2/c16-14-8-4-7-13(11-14)15(17)10-9-12-5-2-1-3-6-12/h1-11,16H/i11D. The molecule has 2 heteroatoms. The van der Waals surface area contributed by atoms with E-state index in [2.05, 4.69) is 0 Å². The number of carbonyl (C=O) groups excluding carboxylic acids is 1. The molecular weight excluding hydrogens is 212 g/mol. The lowest BCUT2D eigenvalue weighted by Crippen LogP contribution is -1.92. The highest BCUT2D eigenvalue weighted by molar-refractivity contribution is 6.07. The number of aromatic hydroxyl groups is 1. The molecule has 0 aliphatic carbocycles. The maximum absolute atomic E-state index is 11.9. The summed E-state index contributed by atoms with van der Waals surface area (Å²) in [6, 6.07) is 13.8. The number of phenolic OH excluding ortho intramolecular Hbond substituents is 1.